The van der Waals surface area contributed by atoms with E-state index in [0.717, 1.165) is 17.2 Å². The zero-order valence-corrected chi connectivity index (χ0v) is 12.9. The maximum Gasteiger partial charge on any atom is 0.355 e. The van der Waals surface area contributed by atoms with Crippen LogP contribution in [0.3, 0.4) is 0 Å². The van der Waals surface area contributed by atoms with Crippen molar-refractivity contribution in [2.45, 2.75) is 6.61 Å². The van der Waals surface area contributed by atoms with Crippen molar-refractivity contribution < 1.29 is 19.0 Å². The Bertz CT molecular complexity index is 824. The van der Waals surface area contributed by atoms with Crippen molar-refractivity contribution in [2.24, 2.45) is 0 Å². The van der Waals surface area contributed by atoms with Crippen molar-refractivity contribution in [3.63, 3.8) is 0 Å². The van der Waals surface area contributed by atoms with Gasteiger partial charge in [-0.15, -0.1) is 0 Å². The Morgan fingerprint density at radius 1 is 1.09 bits per heavy atom. The minimum Gasteiger partial charge on any atom is -0.497 e. The van der Waals surface area contributed by atoms with E-state index in [4.69, 9.17) is 14.2 Å². The zero-order valence-electron chi connectivity index (χ0n) is 12.9. The van der Waals surface area contributed by atoms with E-state index in [1.54, 1.807) is 29.8 Å². The van der Waals surface area contributed by atoms with E-state index in [-0.39, 0.29) is 0 Å². The van der Waals surface area contributed by atoms with Crippen LogP contribution in [-0.4, -0.2) is 29.6 Å². The molecule has 0 spiro atoms. The van der Waals surface area contributed by atoms with Gasteiger partial charge in [-0.05, 0) is 36.4 Å². The topological polar surface area (TPSA) is 62.1 Å². The minimum absolute atomic E-state index is 0.300. The molecule has 6 heteroatoms. The van der Waals surface area contributed by atoms with Gasteiger partial charge in [-0.3, -0.25) is 4.40 Å². The van der Waals surface area contributed by atoms with E-state index >= 15 is 0 Å². The number of methoxy groups -OCH3 is 2. The first-order chi connectivity index (χ1) is 11.2. The van der Waals surface area contributed by atoms with Crippen LogP contribution in [0, 0.1) is 0 Å². The number of carbonyl (C=O) groups excluding carboxylic acids is 1. The molecule has 2 aromatic heterocycles. The fourth-order valence-corrected chi connectivity index (χ4v) is 2.23. The molecule has 0 aliphatic carbocycles. The standard InChI is InChI=1S/C17H16N2O4/c1-21-13-6-8-14(9-7-13)23-11-12-10-19-15(17(20)22-2)4-3-5-16(19)18-12/h3-10H,11H2,1-2H3. The van der Waals surface area contributed by atoms with Gasteiger partial charge in [-0.1, -0.05) is 6.07 Å². The summed E-state index contributed by atoms with van der Waals surface area (Å²) in [4.78, 5) is 16.2. The number of aromatic nitrogens is 2. The summed E-state index contributed by atoms with van der Waals surface area (Å²) in [5.41, 5.74) is 1.81. The molecule has 0 fully saturated rings. The van der Waals surface area contributed by atoms with Crippen LogP contribution in [0.25, 0.3) is 5.65 Å². The normalized spacial score (nSPS) is 10.5. The van der Waals surface area contributed by atoms with Gasteiger partial charge in [0, 0.05) is 6.20 Å². The highest BCUT2D eigenvalue weighted by atomic mass is 16.5. The SMILES string of the molecule is COC(=O)c1cccc2nc(COc3ccc(OC)cc3)cn12. The number of nitrogens with zero attached hydrogens (tertiary/aromatic N) is 2. The number of ether oxygens (including phenoxy) is 3. The van der Waals surface area contributed by atoms with Crippen LogP contribution in [-0.2, 0) is 11.3 Å². The monoisotopic (exact) mass is 312 g/mol. The molecule has 2 heterocycles. The van der Waals surface area contributed by atoms with Gasteiger partial charge < -0.3 is 14.2 Å². The number of hydrogen-bond acceptors (Lipinski definition) is 5. The number of imidazole rings is 1. The van der Waals surface area contributed by atoms with E-state index in [1.807, 2.05) is 30.3 Å². The number of benzene rings is 1. The van der Waals surface area contributed by atoms with Gasteiger partial charge in [-0.2, -0.15) is 0 Å². The highest BCUT2D eigenvalue weighted by Crippen LogP contribution is 2.18. The predicted octanol–water partition coefficient (Wildman–Crippen LogP) is 2.71. The van der Waals surface area contributed by atoms with Gasteiger partial charge >= 0.3 is 5.97 Å². The molecule has 0 bridgehead atoms. The molecule has 6 nitrogen and oxygen atoms in total. The maximum atomic E-state index is 11.8. The van der Waals surface area contributed by atoms with Gasteiger partial charge in [-0.25, -0.2) is 9.78 Å². The molecule has 0 aliphatic rings. The Morgan fingerprint density at radius 3 is 2.52 bits per heavy atom. The first kappa shape index (κ1) is 14.9. The molecule has 0 aliphatic heterocycles. The lowest BCUT2D eigenvalue weighted by Gasteiger charge is -2.05. The molecule has 1 aromatic carbocycles. The molecule has 3 aromatic rings. The molecule has 0 N–H and O–H groups in total. The highest BCUT2D eigenvalue weighted by Gasteiger charge is 2.12. The van der Waals surface area contributed by atoms with Crippen molar-refractivity contribution in [1.82, 2.24) is 9.38 Å². The van der Waals surface area contributed by atoms with E-state index in [0.29, 0.717) is 17.9 Å². The van der Waals surface area contributed by atoms with Crippen LogP contribution in [0.2, 0.25) is 0 Å². The highest BCUT2D eigenvalue weighted by molar-refractivity contribution is 5.88. The van der Waals surface area contributed by atoms with Crippen molar-refractivity contribution in [2.75, 3.05) is 14.2 Å². The van der Waals surface area contributed by atoms with Crippen molar-refractivity contribution >= 4 is 11.6 Å². The number of rotatable bonds is 5. The molecule has 0 amide bonds. The van der Waals surface area contributed by atoms with Gasteiger partial charge in [0.1, 0.15) is 29.4 Å². The molecule has 3 rings (SSSR count). The minimum atomic E-state index is -0.407. The third kappa shape index (κ3) is 3.11. The molecule has 0 unspecified atom stereocenters. The van der Waals surface area contributed by atoms with Crippen LogP contribution in [0.1, 0.15) is 16.2 Å². The first-order valence-corrected chi connectivity index (χ1v) is 7.03. The molecular formula is C17H16N2O4. The third-order valence-electron chi connectivity index (χ3n) is 3.38. The molecule has 0 saturated carbocycles. The van der Waals surface area contributed by atoms with E-state index in [9.17, 15) is 4.79 Å². The van der Waals surface area contributed by atoms with Crippen LogP contribution in [0.15, 0.2) is 48.7 Å². The summed E-state index contributed by atoms with van der Waals surface area (Å²) in [5.74, 6) is 1.08. The Morgan fingerprint density at radius 2 is 1.83 bits per heavy atom. The Labute approximate surface area is 133 Å². The molecule has 0 atom stereocenters. The quantitative estimate of drug-likeness (QED) is 0.678. The van der Waals surface area contributed by atoms with Gasteiger partial charge in [0.2, 0.25) is 0 Å². The molecule has 0 saturated heterocycles. The average Bonchev–Trinajstić information content (AvgIpc) is 3.02. The predicted molar refractivity (Wildman–Crippen MR) is 83.9 cm³/mol. The number of esters is 1. The summed E-state index contributed by atoms with van der Waals surface area (Å²) in [6.07, 6.45) is 1.77. The lowest BCUT2D eigenvalue weighted by atomic mass is 10.3. The first-order valence-electron chi connectivity index (χ1n) is 7.03. The summed E-state index contributed by atoms with van der Waals surface area (Å²) in [6, 6.07) is 12.6. The lowest BCUT2D eigenvalue weighted by Crippen LogP contribution is -2.07. The third-order valence-corrected chi connectivity index (χ3v) is 3.38. The zero-order chi connectivity index (χ0) is 16.2. The lowest BCUT2D eigenvalue weighted by molar-refractivity contribution is 0.0592. The van der Waals surface area contributed by atoms with Gasteiger partial charge in [0.15, 0.2) is 0 Å². The van der Waals surface area contributed by atoms with Gasteiger partial charge in [0.25, 0.3) is 0 Å². The summed E-state index contributed by atoms with van der Waals surface area (Å²) >= 11 is 0. The molecule has 0 radical (unpaired) electrons. The molecule has 23 heavy (non-hydrogen) atoms. The van der Waals surface area contributed by atoms with Crippen LogP contribution in [0.5, 0.6) is 11.5 Å². The number of carbonyl (C=O) groups is 1. The van der Waals surface area contributed by atoms with Crippen LogP contribution < -0.4 is 9.47 Å². The maximum absolute atomic E-state index is 11.8. The Kier molecular flexibility index (Phi) is 4.14. The summed E-state index contributed by atoms with van der Waals surface area (Å²) < 4.78 is 17.3. The fraction of sp³-hybridized carbons (Fsp3) is 0.176. The second-order valence-electron chi connectivity index (χ2n) is 4.83. The van der Waals surface area contributed by atoms with Gasteiger partial charge in [0.05, 0.1) is 19.9 Å². The van der Waals surface area contributed by atoms with Crippen molar-refractivity contribution in [3.8, 4) is 11.5 Å². The van der Waals surface area contributed by atoms with Crippen molar-refractivity contribution in [3.05, 3.63) is 60.0 Å². The van der Waals surface area contributed by atoms with E-state index < -0.39 is 5.97 Å². The van der Waals surface area contributed by atoms with Crippen LogP contribution in [0.4, 0.5) is 0 Å². The van der Waals surface area contributed by atoms with E-state index in [2.05, 4.69) is 4.98 Å². The van der Waals surface area contributed by atoms with E-state index in [1.165, 1.54) is 7.11 Å². The second kappa shape index (κ2) is 6.39. The van der Waals surface area contributed by atoms with Crippen LogP contribution >= 0.6 is 0 Å². The number of fused-ring (bicyclic) bond motifs is 1. The number of hydrogen-bond donors (Lipinski definition) is 0. The Balaban J connectivity index is 1.79. The smallest absolute Gasteiger partial charge is 0.355 e. The van der Waals surface area contributed by atoms with Crippen molar-refractivity contribution in [1.29, 1.82) is 0 Å². The Hall–Kier alpha value is -3.02. The average molecular weight is 312 g/mol. The largest absolute Gasteiger partial charge is 0.497 e. The summed E-state index contributed by atoms with van der Waals surface area (Å²) in [6.45, 7) is 0.300. The molecular weight excluding hydrogens is 296 g/mol. The molecule has 118 valence electrons. The second-order valence-corrected chi connectivity index (χ2v) is 4.83. The number of pyridine rings is 1. The fourth-order valence-electron chi connectivity index (χ4n) is 2.23. The summed E-state index contributed by atoms with van der Waals surface area (Å²) in [5, 5.41) is 0. The summed E-state index contributed by atoms with van der Waals surface area (Å²) in [7, 11) is 2.97.